The molecule has 0 N–H and O–H groups in total. The van der Waals surface area contributed by atoms with E-state index in [1.807, 2.05) is 6.92 Å². The van der Waals surface area contributed by atoms with E-state index in [9.17, 15) is 17.6 Å². The Morgan fingerprint density at radius 2 is 1.90 bits per heavy atom. The van der Waals surface area contributed by atoms with Crippen molar-refractivity contribution in [1.29, 1.82) is 0 Å². The lowest BCUT2D eigenvalue weighted by Gasteiger charge is -2.31. The van der Waals surface area contributed by atoms with E-state index in [0.29, 0.717) is 49.1 Å². The molecule has 0 radical (unpaired) electrons. The molecule has 0 saturated carbocycles. The van der Waals surface area contributed by atoms with Crippen molar-refractivity contribution in [3.63, 3.8) is 0 Å². The first-order valence-electron chi connectivity index (χ1n) is 10.1. The number of methoxy groups -OCH3 is 1. The molecule has 0 amide bonds. The van der Waals surface area contributed by atoms with E-state index in [-0.39, 0.29) is 16.4 Å². The standard InChI is InChI=1S/C22H24FN3O4S/c1-15-11-18(4-6-21(15)30-2)31(28,29)26-9-7-16(8-10-26)13-25-14-24-20-12-17(23)3-5-19(20)22(25)27/h3-6,11-12,14,16H,7-10,13H2,1-2H3. The van der Waals surface area contributed by atoms with Gasteiger partial charge in [0.1, 0.15) is 11.6 Å². The van der Waals surface area contributed by atoms with Crippen LogP contribution in [0.1, 0.15) is 18.4 Å². The summed E-state index contributed by atoms with van der Waals surface area (Å²) in [4.78, 5) is 17.1. The highest BCUT2D eigenvalue weighted by Crippen LogP contribution is 2.27. The third-order valence-corrected chi connectivity index (χ3v) is 7.71. The molecule has 0 bridgehead atoms. The zero-order valence-electron chi connectivity index (χ0n) is 17.4. The fourth-order valence-corrected chi connectivity index (χ4v) is 5.59. The van der Waals surface area contributed by atoms with Gasteiger partial charge in [0, 0.05) is 25.7 Å². The molecule has 1 fully saturated rings. The second-order valence-electron chi connectivity index (χ2n) is 7.84. The summed E-state index contributed by atoms with van der Waals surface area (Å²) < 4.78 is 47.6. The molecule has 7 nitrogen and oxygen atoms in total. The van der Waals surface area contributed by atoms with E-state index in [2.05, 4.69) is 4.98 Å². The fraction of sp³-hybridized carbons (Fsp3) is 0.364. The molecule has 1 aliphatic rings. The third-order valence-electron chi connectivity index (χ3n) is 5.82. The van der Waals surface area contributed by atoms with Gasteiger partial charge in [0.05, 0.1) is 29.2 Å². The second-order valence-corrected chi connectivity index (χ2v) is 9.78. The number of hydrogen-bond donors (Lipinski definition) is 0. The number of aromatic nitrogens is 2. The summed E-state index contributed by atoms with van der Waals surface area (Å²) >= 11 is 0. The van der Waals surface area contributed by atoms with Crippen molar-refractivity contribution in [2.24, 2.45) is 5.92 Å². The van der Waals surface area contributed by atoms with E-state index in [1.165, 1.54) is 33.4 Å². The predicted octanol–water partition coefficient (Wildman–Crippen LogP) is 2.95. The molecule has 2 heterocycles. The average molecular weight is 446 g/mol. The molecule has 31 heavy (non-hydrogen) atoms. The van der Waals surface area contributed by atoms with Crippen LogP contribution in [-0.2, 0) is 16.6 Å². The van der Waals surface area contributed by atoms with Crippen molar-refractivity contribution in [2.75, 3.05) is 20.2 Å². The maximum atomic E-state index is 13.3. The Morgan fingerprint density at radius 3 is 2.58 bits per heavy atom. The molecular formula is C22H24FN3O4S. The molecule has 0 aliphatic carbocycles. The Morgan fingerprint density at radius 1 is 1.16 bits per heavy atom. The molecular weight excluding hydrogens is 421 g/mol. The van der Waals surface area contributed by atoms with E-state index in [4.69, 9.17) is 4.74 Å². The van der Waals surface area contributed by atoms with Gasteiger partial charge in [-0.1, -0.05) is 0 Å². The van der Waals surface area contributed by atoms with E-state index in [1.54, 1.807) is 25.3 Å². The minimum absolute atomic E-state index is 0.154. The third kappa shape index (κ3) is 4.20. The Labute approximate surface area is 180 Å². The highest BCUT2D eigenvalue weighted by atomic mass is 32.2. The van der Waals surface area contributed by atoms with Crippen LogP contribution in [0.4, 0.5) is 4.39 Å². The number of fused-ring (bicyclic) bond motifs is 1. The van der Waals surface area contributed by atoms with Gasteiger partial charge < -0.3 is 4.74 Å². The number of nitrogens with zero attached hydrogens (tertiary/aromatic N) is 3. The van der Waals surface area contributed by atoms with Crippen LogP contribution in [0.25, 0.3) is 10.9 Å². The largest absolute Gasteiger partial charge is 0.496 e. The lowest BCUT2D eigenvalue weighted by Crippen LogP contribution is -2.40. The van der Waals surface area contributed by atoms with Crippen molar-refractivity contribution in [3.05, 3.63) is 64.5 Å². The topological polar surface area (TPSA) is 81.5 Å². The van der Waals surface area contributed by atoms with E-state index < -0.39 is 15.8 Å². The van der Waals surface area contributed by atoms with Crippen LogP contribution in [0.5, 0.6) is 5.75 Å². The molecule has 4 rings (SSSR count). The minimum Gasteiger partial charge on any atom is -0.496 e. The van der Waals surface area contributed by atoms with Crippen LogP contribution in [0.3, 0.4) is 0 Å². The Bertz CT molecular complexity index is 1280. The minimum atomic E-state index is -3.59. The Hall–Kier alpha value is -2.78. The van der Waals surface area contributed by atoms with E-state index >= 15 is 0 Å². The number of rotatable bonds is 5. The van der Waals surface area contributed by atoms with Gasteiger partial charge in [0.2, 0.25) is 10.0 Å². The van der Waals surface area contributed by atoms with Crippen molar-refractivity contribution < 1.29 is 17.5 Å². The lowest BCUT2D eigenvalue weighted by atomic mass is 9.98. The zero-order chi connectivity index (χ0) is 22.2. The molecule has 9 heteroatoms. The first-order chi connectivity index (χ1) is 14.8. The summed E-state index contributed by atoms with van der Waals surface area (Å²) in [6.07, 6.45) is 2.72. The van der Waals surface area contributed by atoms with Crippen LogP contribution in [0, 0.1) is 18.7 Å². The SMILES string of the molecule is COc1ccc(S(=O)(=O)N2CCC(Cn3cnc4cc(F)ccc4c3=O)CC2)cc1C. The summed E-state index contributed by atoms with van der Waals surface area (Å²) in [5.41, 5.74) is 0.882. The monoisotopic (exact) mass is 445 g/mol. The lowest BCUT2D eigenvalue weighted by molar-refractivity contribution is 0.251. The molecule has 164 valence electrons. The van der Waals surface area contributed by atoms with Gasteiger partial charge >= 0.3 is 0 Å². The van der Waals surface area contributed by atoms with Gasteiger partial charge in [-0.15, -0.1) is 0 Å². The average Bonchev–Trinajstić information content (AvgIpc) is 2.76. The normalized spacial score (nSPS) is 16.0. The van der Waals surface area contributed by atoms with Crippen molar-refractivity contribution in [1.82, 2.24) is 13.9 Å². The summed E-state index contributed by atoms with van der Waals surface area (Å²) in [6.45, 7) is 3.04. The van der Waals surface area contributed by atoms with Gasteiger partial charge in [-0.05, 0) is 61.6 Å². The van der Waals surface area contributed by atoms with Gasteiger partial charge in [-0.25, -0.2) is 17.8 Å². The number of halogens is 1. The van der Waals surface area contributed by atoms with Crippen molar-refractivity contribution >= 4 is 20.9 Å². The zero-order valence-corrected chi connectivity index (χ0v) is 18.2. The van der Waals surface area contributed by atoms with Gasteiger partial charge in [-0.3, -0.25) is 9.36 Å². The molecule has 3 aromatic rings. The number of benzene rings is 2. The maximum Gasteiger partial charge on any atom is 0.261 e. The molecule has 1 aliphatic heterocycles. The fourth-order valence-electron chi connectivity index (χ4n) is 4.03. The van der Waals surface area contributed by atoms with Crippen LogP contribution >= 0.6 is 0 Å². The highest BCUT2D eigenvalue weighted by Gasteiger charge is 2.30. The first kappa shape index (κ1) is 21.5. The summed E-state index contributed by atoms with van der Waals surface area (Å²) in [6, 6.07) is 8.80. The molecule has 1 saturated heterocycles. The predicted molar refractivity (Wildman–Crippen MR) is 115 cm³/mol. The molecule has 0 unspecified atom stereocenters. The Balaban J connectivity index is 1.46. The van der Waals surface area contributed by atoms with Gasteiger partial charge in [0.15, 0.2) is 0 Å². The maximum absolute atomic E-state index is 13.3. The number of piperidine rings is 1. The number of hydrogen-bond acceptors (Lipinski definition) is 5. The molecule has 2 aromatic carbocycles. The molecule has 0 atom stereocenters. The first-order valence-corrected chi connectivity index (χ1v) is 11.5. The number of sulfonamides is 1. The van der Waals surface area contributed by atoms with Crippen LogP contribution in [0.15, 0.2) is 52.4 Å². The summed E-state index contributed by atoms with van der Waals surface area (Å²) in [5, 5.41) is 0.374. The van der Waals surface area contributed by atoms with Crippen molar-refractivity contribution in [2.45, 2.75) is 31.2 Å². The second kappa shape index (κ2) is 8.39. The smallest absolute Gasteiger partial charge is 0.261 e. The van der Waals surface area contributed by atoms with Crippen molar-refractivity contribution in [3.8, 4) is 5.75 Å². The highest BCUT2D eigenvalue weighted by molar-refractivity contribution is 7.89. The quantitative estimate of drug-likeness (QED) is 0.603. The molecule has 0 spiro atoms. The van der Waals surface area contributed by atoms with Gasteiger partial charge in [0.25, 0.3) is 5.56 Å². The van der Waals surface area contributed by atoms with Crippen LogP contribution < -0.4 is 10.3 Å². The number of aryl methyl sites for hydroxylation is 1. The van der Waals surface area contributed by atoms with Crippen LogP contribution in [-0.4, -0.2) is 42.5 Å². The van der Waals surface area contributed by atoms with E-state index in [0.717, 1.165) is 5.56 Å². The van der Waals surface area contributed by atoms with Gasteiger partial charge in [-0.2, -0.15) is 4.31 Å². The number of ether oxygens (including phenoxy) is 1. The van der Waals surface area contributed by atoms with Crippen LogP contribution in [0.2, 0.25) is 0 Å². The Kier molecular flexibility index (Phi) is 5.81. The molecule has 1 aromatic heterocycles. The summed E-state index contributed by atoms with van der Waals surface area (Å²) in [7, 11) is -2.03. The summed E-state index contributed by atoms with van der Waals surface area (Å²) in [5.74, 6) is 0.370.